The molecule has 44 heavy (non-hydrogen) atoms. The molecule has 4 aromatic rings. The Labute approximate surface area is 256 Å². The van der Waals surface area contributed by atoms with Gasteiger partial charge < -0.3 is 19.7 Å². The van der Waals surface area contributed by atoms with Crippen LogP contribution in [-0.4, -0.2) is 86.1 Å². The number of anilines is 1. The van der Waals surface area contributed by atoms with Crippen molar-refractivity contribution in [3.63, 3.8) is 0 Å². The van der Waals surface area contributed by atoms with Crippen LogP contribution in [0.4, 0.5) is 10.5 Å². The first-order chi connectivity index (χ1) is 21.1. The van der Waals surface area contributed by atoms with Crippen molar-refractivity contribution < 1.29 is 19.1 Å². The zero-order valence-corrected chi connectivity index (χ0v) is 25.6. The number of nitriles is 1. The number of fused-ring (bicyclic) bond motifs is 2. The maximum Gasteiger partial charge on any atom is 0.410 e. The van der Waals surface area contributed by atoms with Crippen molar-refractivity contribution in [2.24, 2.45) is 0 Å². The Kier molecular flexibility index (Phi) is 7.90. The Morgan fingerprint density at radius 2 is 1.75 bits per heavy atom. The summed E-state index contributed by atoms with van der Waals surface area (Å²) < 4.78 is 14.7. The van der Waals surface area contributed by atoms with E-state index in [9.17, 15) is 9.59 Å². The first-order valence-electron chi connectivity index (χ1n) is 15.1. The second kappa shape index (κ2) is 11.8. The van der Waals surface area contributed by atoms with E-state index >= 15 is 0 Å². The first-order valence-corrected chi connectivity index (χ1v) is 15.1. The number of ether oxygens (including phenoxy) is 2. The SMILES string of the molecule is COc1cc2nn(C3CCC(N4CCN(C(=O)OC(C)(C)C)CC4)CC3)cc2cc1NC(=O)c1ccc2cc(C#N)cnn12. The molecule has 12 nitrogen and oxygen atoms in total. The van der Waals surface area contributed by atoms with Gasteiger partial charge in [-0.1, -0.05) is 0 Å². The number of methoxy groups -OCH3 is 1. The predicted molar refractivity (Wildman–Crippen MR) is 165 cm³/mol. The van der Waals surface area contributed by atoms with Crippen LogP contribution in [0.15, 0.2) is 42.7 Å². The van der Waals surface area contributed by atoms with Gasteiger partial charge in [-0.15, -0.1) is 0 Å². The molecule has 1 saturated heterocycles. The van der Waals surface area contributed by atoms with E-state index in [0.29, 0.717) is 53.4 Å². The van der Waals surface area contributed by atoms with Crippen LogP contribution in [0.25, 0.3) is 16.4 Å². The predicted octanol–water partition coefficient (Wildman–Crippen LogP) is 4.85. The van der Waals surface area contributed by atoms with Gasteiger partial charge in [0.05, 0.1) is 41.6 Å². The van der Waals surface area contributed by atoms with E-state index in [0.717, 1.165) is 49.7 Å². The molecular weight excluding hydrogens is 560 g/mol. The molecule has 2 fully saturated rings. The maximum atomic E-state index is 13.2. The van der Waals surface area contributed by atoms with Crippen molar-refractivity contribution in [2.75, 3.05) is 38.6 Å². The number of amides is 2. The van der Waals surface area contributed by atoms with Crippen LogP contribution in [0.3, 0.4) is 0 Å². The lowest BCUT2D eigenvalue weighted by atomic mass is 9.90. The lowest BCUT2D eigenvalue weighted by Gasteiger charge is -2.42. The van der Waals surface area contributed by atoms with Gasteiger partial charge in [0.25, 0.3) is 5.91 Å². The highest BCUT2D eigenvalue weighted by Gasteiger charge is 2.32. The van der Waals surface area contributed by atoms with Crippen molar-refractivity contribution in [3.05, 3.63) is 54.0 Å². The van der Waals surface area contributed by atoms with Gasteiger partial charge in [-0.05, 0) is 70.7 Å². The quantitative estimate of drug-likeness (QED) is 0.345. The summed E-state index contributed by atoms with van der Waals surface area (Å²) in [5.41, 5.74) is 2.31. The number of hydrogen-bond acceptors (Lipinski definition) is 8. The third-order valence-electron chi connectivity index (χ3n) is 8.48. The van der Waals surface area contributed by atoms with Crippen molar-refractivity contribution >= 4 is 34.1 Å². The molecule has 6 rings (SSSR count). The van der Waals surface area contributed by atoms with E-state index in [1.165, 1.54) is 10.7 Å². The zero-order chi connectivity index (χ0) is 31.0. The standard InChI is InChI=1S/C32H38N8O4/c1-32(2,3)44-31(42)38-13-11-37(12-14-38)23-5-7-24(8-6-23)39-20-22-16-27(29(43-4)17-26(22)36-39)35-30(41)28-10-9-25-15-21(18-33)19-34-40(25)28/h9-10,15-17,19-20,23-24H,5-8,11-14H2,1-4H3,(H,35,41). The lowest BCUT2D eigenvalue weighted by molar-refractivity contribution is 0.00721. The fourth-order valence-corrected chi connectivity index (χ4v) is 6.23. The molecule has 0 unspecified atom stereocenters. The largest absolute Gasteiger partial charge is 0.494 e. The maximum absolute atomic E-state index is 13.2. The van der Waals surface area contributed by atoms with Crippen LogP contribution in [0.1, 0.15) is 68.5 Å². The normalized spacial score (nSPS) is 19.6. The molecule has 1 aliphatic heterocycles. The Morgan fingerprint density at radius 1 is 1.02 bits per heavy atom. The van der Waals surface area contributed by atoms with E-state index in [4.69, 9.17) is 19.8 Å². The second-order valence-electron chi connectivity index (χ2n) is 12.6. The molecule has 0 radical (unpaired) electrons. The van der Waals surface area contributed by atoms with Gasteiger partial charge in [-0.3, -0.25) is 14.4 Å². The van der Waals surface area contributed by atoms with Gasteiger partial charge in [-0.2, -0.15) is 15.5 Å². The van der Waals surface area contributed by atoms with Crippen LogP contribution >= 0.6 is 0 Å². The number of aromatic nitrogens is 4. The fourth-order valence-electron chi connectivity index (χ4n) is 6.23. The molecule has 1 aromatic carbocycles. The Bertz CT molecular complexity index is 1730. The Balaban J connectivity index is 1.09. The Hall–Kier alpha value is -4.63. The van der Waals surface area contributed by atoms with E-state index in [-0.39, 0.29) is 12.0 Å². The summed E-state index contributed by atoms with van der Waals surface area (Å²) in [6.45, 7) is 8.81. The summed E-state index contributed by atoms with van der Waals surface area (Å²) >= 11 is 0. The first kappa shape index (κ1) is 29.4. The average molecular weight is 599 g/mol. The molecule has 4 heterocycles. The van der Waals surface area contributed by atoms with Gasteiger partial charge in [0, 0.05) is 49.9 Å². The molecule has 2 aliphatic rings. The molecule has 1 saturated carbocycles. The van der Waals surface area contributed by atoms with E-state index in [1.54, 1.807) is 25.3 Å². The number of benzene rings is 1. The molecule has 3 aromatic heterocycles. The minimum absolute atomic E-state index is 0.226. The number of carbonyl (C=O) groups is 2. The van der Waals surface area contributed by atoms with E-state index in [2.05, 4.69) is 26.1 Å². The fraction of sp³-hybridized carbons (Fsp3) is 0.469. The topological polar surface area (TPSA) is 130 Å². The van der Waals surface area contributed by atoms with Crippen LogP contribution in [0.2, 0.25) is 0 Å². The third kappa shape index (κ3) is 6.05. The van der Waals surface area contributed by atoms with Crippen molar-refractivity contribution in [2.45, 2.75) is 64.1 Å². The summed E-state index contributed by atoms with van der Waals surface area (Å²) in [4.78, 5) is 30.0. The molecule has 230 valence electrons. The smallest absolute Gasteiger partial charge is 0.410 e. The molecule has 12 heteroatoms. The van der Waals surface area contributed by atoms with Crippen LogP contribution in [-0.2, 0) is 4.74 Å². The van der Waals surface area contributed by atoms with E-state index < -0.39 is 5.60 Å². The molecule has 0 bridgehead atoms. The summed E-state index contributed by atoms with van der Waals surface area (Å²) in [7, 11) is 1.57. The van der Waals surface area contributed by atoms with Crippen molar-refractivity contribution in [1.82, 2.24) is 29.2 Å². The molecule has 1 aliphatic carbocycles. The number of carbonyl (C=O) groups excluding carboxylic acids is 2. The highest BCUT2D eigenvalue weighted by molar-refractivity contribution is 6.05. The minimum atomic E-state index is -0.481. The average Bonchev–Trinajstić information content (AvgIpc) is 3.63. The molecule has 0 spiro atoms. The number of piperazine rings is 1. The number of rotatable bonds is 5. The van der Waals surface area contributed by atoms with Crippen LogP contribution in [0, 0.1) is 11.3 Å². The lowest BCUT2D eigenvalue weighted by Crippen LogP contribution is -2.53. The van der Waals surface area contributed by atoms with Crippen molar-refractivity contribution in [1.29, 1.82) is 5.26 Å². The summed E-state index contributed by atoms with van der Waals surface area (Å²) in [6, 6.07) is 11.7. The third-order valence-corrected chi connectivity index (χ3v) is 8.48. The zero-order valence-electron chi connectivity index (χ0n) is 25.6. The number of hydrogen-bond donors (Lipinski definition) is 1. The molecule has 2 amide bonds. The molecular formula is C32H38N8O4. The van der Waals surface area contributed by atoms with Gasteiger partial charge in [-0.25, -0.2) is 9.31 Å². The monoisotopic (exact) mass is 598 g/mol. The number of nitrogens with zero attached hydrogens (tertiary/aromatic N) is 7. The van der Waals surface area contributed by atoms with Gasteiger partial charge >= 0.3 is 6.09 Å². The summed E-state index contributed by atoms with van der Waals surface area (Å²) in [6.07, 6.45) is 7.45. The highest BCUT2D eigenvalue weighted by Crippen LogP contribution is 2.35. The molecule has 1 N–H and O–H groups in total. The summed E-state index contributed by atoms with van der Waals surface area (Å²) in [5.74, 6) is 0.184. The highest BCUT2D eigenvalue weighted by atomic mass is 16.6. The van der Waals surface area contributed by atoms with Gasteiger partial charge in [0.1, 0.15) is 23.1 Å². The molecule has 0 atom stereocenters. The van der Waals surface area contributed by atoms with Crippen LogP contribution in [0.5, 0.6) is 5.75 Å². The minimum Gasteiger partial charge on any atom is -0.494 e. The van der Waals surface area contributed by atoms with Gasteiger partial charge in [0.15, 0.2) is 0 Å². The van der Waals surface area contributed by atoms with E-state index in [1.807, 2.05) is 44.0 Å². The Morgan fingerprint density at radius 3 is 2.43 bits per heavy atom. The second-order valence-corrected chi connectivity index (χ2v) is 12.6. The van der Waals surface area contributed by atoms with Crippen LogP contribution < -0.4 is 10.1 Å². The van der Waals surface area contributed by atoms with Gasteiger partial charge in [0.2, 0.25) is 0 Å². The van der Waals surface area contributed by atoms with Crippen molar-refractivity contribution in [3.8, 4) is 11.8 Å². The number of nitrogens with one attached hydrogen (secondary N) is 1. The summed E-state index contributed by atoms with van der Waals surface area (Å²) in [5, 5.41) is 22.1.